The van der Waals surface area contributed by atoms with Crippen LogP contribution in [-0.2, 0) is 11.3 Å². The van der Waals surface area contributed by atoms with Crippen LogP contribution in [0.3, 0.4) is 0 Å². The number of phenolic OH excluding ortho intramolecular Hbond substituents is 1. The normalized spacial score (nSPS) is 21.3. The molecule has 1 fully saturated rings. The van der Waals surface area contributed by atoms with Crippen LogP contribution in [0.4, 0.5) is 0 Å². The lowest BCUT2D eigenvalue weighted by Crippen LogP contribution is -2.49. The van der Waals surface area contributed by atoms with Crippen molar-refractivity contribution < 1.29 is 15.0 Å². The summed E-state index contributed by atoms with van der Waals surface area (Å²) in [6, 6.07) is 7.48. The van der Waals surface area contributed by atoms with E-state index in [0.29, 0.717) is 13.1 Å². The summed E-state index contributed by atoms with van der Waals surface area (Å²) in [7, 11) is 0. The Balaban J connectivity index is 2.07. The van der Waals surface area contributed by atoms with Gasteiger partial charge in [-0.1, -0.05) is 19.1 Å². The van der Waals surface area contributed by atoms with Crippen molar-refractivity contribution in [3.05, 3.63) is 29.8 Å². The van der Waals surface area contributed by atoms with Gasteiger partial charge in [-0.2, -0.15) is 0 Å². The average Bonchev–Trinajstić information content (AvgIpc) is 2.54. The zero-order chi connectivity index (χ0) is 18.4. The van der Waals surface area contributed by atoms with Crippen molar-refractivity contribution >= 4 is 5.91 Å². The molecule has 2 rings (SSSR count). The highest BCUT2D eigenvalue weighted by Gasteiger charge is 2.27. The minimum atomic E-state index is -0.216. The Morgan fingerprint density at radius 1 is 1.28 bits per heavy atom. The maximum absolute atomic E-state index is 12.5. The van der Waals surface area contributed by atoms with Crippen LogP contribution < -0.4 is 5.32 Å². The molecule has 140 valence electrons. The Morgan fingerprint density at radius 2 is 1.96 bits per heavy atom. The summed E-state index contributed by atoms with van der Waals surface area (Å²) in [5, 5.41) is 22.6. The lowest BCUT2D eigenvalue weighted by Gasteiger charge is -2.36. The van der Waals surface area contributed by atoms with Gasteiger partial charge in [-0.05, 0) is 63.6 Å². The minimum Gasteiger partial charge on any atom is -0.508 e. The van der Waals surface area contributed by atoms with Gasteiger partial charge in [0.05, 0.1) is 12.6 Å². The van der Waals surface area contributed by atoms with Gasteiger partial charge in [-0.15, -0.1) is 0 Å². The lowest BCUT2D eigenvalue weighted by atomic mass is 9.91. The average molecular weight is 348 g/mol. The summed E-state index contributed by atoms with van der Waals surface area (Å²) in [4.78, 5) is 14.7. The second kappa shape index (κ2) is 8.68. The number of benzene rings is 1. The third-order valence-electron chi connectivity index (χ3n) is 5.19. The molecule has 0 atom stereocenters. The molecule has 5 nitrogen and oxygen atoms in total. The number of aromatic hydroxyl groups is 1. The Hall–Kier alpha value is -1.59. The van der Waals surface area contributed by atoms with Crippen LogP contribution in [0.2, 0.25) is 0 Å². The van der Waals surface area contributed by atoms with Gasteiger partial charge in [0.15, 0.2) is 0 Å². The fourth-order valence-electron chi connectivity index (χ4n) is 3.32. The second-order valence-corrected chi connectivity index (χ2v) is 7.82. The molecule has 0 heterocycles. The molecule has 1 aliphatic carbocycles. The van der Waals surface area contributed by atoms with Crippen LogP contribution in [0.25, 0.3) is 0 Å². The van der Waals surface area contributed by atoms with Gasteiger partial charge in [0.2, 0.25) is 5.91 Å². The molecule has 0 bridgehead atoms. The lowest BCUT2D eigenvalue weighted by molar-refractivity contribution is -0.124. The van der Waals surface area contributed by atoms with Crippen molar-refractivity contribution in [3.63, 3.8) is 0 Å². The van der Waals surface area contributed by atoms with Crippen molar-refractivity contribution in [2.45, 2.75) is 77.1 Å². The van der Waals surface area contributed by atoms with Crippen LogP contribution in [-0.4, -0.2) is 45.2 Å². The van der Waals surface area contributed by atoms with E-state index in [0.717, 1.165) is 37.7 Å². The van der Waals surface area contributed by atoms with Gasteiger partial charge in [-0.3, -0.25) is 9.69 Å². The Bertz CT molecular complexity index is 566. The number of phenols is 1. The third kappa shape index (κ3) is 6.33. The SMILES string of the molecule is CCC(C)(C)NC(=O)CN(Cc1cccc(O)c1)C1CCC(O)CC1. The van der Waals surface area contributed by atoms with Crippen LogP contribution in [0.15, 0.2) is 24.3 Å². The quantitative estimate of drug-likeness (QED) is 0.708. The smallest absolute Gasteiger partial charge is 0.234 e. The summed E-state index contributed by atoms with van der Waals surface area (Å²) in [6.45, 7) is 7.07. The number of amides is 1. The summed E-state index contributed by atoms with van der Waals surface area (Å²) < 4.78 is 0. The van der Waals surface area contributed by atoms with Crippen LogP contribution >= 0.6 is 0 Å². The maximum atomic E-state index is 12.5. The van der Waals surface area contributed by atoms with Crippen LogP contribution in [0.5, 0.6) is 5.75 Å². The monoisotopic (exact) mass is 348 g/mol. The van der Waals surface area contributed by atoms with Crippen molar-refractivity contribution in [2.24, 2.45) is 0 Å². The van der Waals surface area contributed by atoms with Crippen molar-refractivity contribution in [1.29, 1.82) is 0 Å². The summed E-state index contributed by atoms with van der Waals surface area (Å²) in [6.07, 6.45) is 4.01. The van der Waals surface area contributed by atoms with E-state index < -0.39 is 0 Å². The van der Waals surface area contributed by atoms with E-state index in [9.17, 15) is 15.0 Å². The van der Waals surface area contributed by atoms with E-state index in [1.807, 2.05) is 26.0 Å². The number of hydrogen-bond acceptors (Lipinski definition) is 4. The van der Waals surface area contributed by atoms with Gasteiger partial charge in [0, 0.05) is 18.1 Å². The fraction of sp³-hybridized carbons (Fsp3) is 0.650. The molecule has 1 saturated carbocycles. The number of aliphatic hydroxyl groups excluding tert-OH is 1. The first-order chi connectivity index (χ1) is 11.8. The van der Waals surface area contributed by atoms with E-state index in [1.165, 1.54) is 0 Å². The predicted octanol–water partition coefficient (Wildman–Crippen LogP) is 2.80. The highest BCUT2D eigenvalue weighted by atomic mass is 16.3. The molecule has 1 aromatic rings. The number of carbonyl (C=O) groups is 1. The van der Waals surface area contributed by atoms with Crippen LogP contribution in [0.1, 0.15) is 58.4 Å². The zero-order valence-corrected chi connectivity index (χ0v) is 15.7. The first-order valence-electron chi connectivity index (χ1n) is 9.30. The molecule has 0 radical (unpaired) electrons. The van der Waals surface area contributed by atoms with E-state index >= 15 is 0 Å². The second-order valence-electron chi connectivity index (χ2n) is 7.82. The molecule has 0 spiro atoms. The molecule has 1 amide bonds. The summed E-state index contributed by atoms with van der Waals surface area (Å²) >= 11 is 0. The number of hydrogen-bond donors (Lipinski definition) is 3. The largest absolute Gasteiger partial charge is 0.508 e. The van der Waals surface area contributed by atoms with E-state index in [1.54, 1.807) is 12.1 Å². The third-order valence-corrected chi connectivity index (χ3v) is 5.19. The van der Waals surface area contributed by atoms with E-state index in [-0.39, 0.29) is 29.3 Å². The molecular weight excluding hydrogens is 316 g/mol. The summed E-state index contributed by atoms with van der Waals surface area (Å²) in [5.74, 6) is 0.270. The zero-order valence-electron chi connectivity index (χ0n) is 15.7. The molecular formula is C20H32N2O3. The molecule has 25 heavy (non-hydrogen) atoms. The van der Waals surface area contributed by atoms with E-state index in [4.69, 9.17) is 0 Å². The van der Waals surface area contributed by atoms with E-state index in [2.05, 4.69) is 17.1 Å². The molecule has 3 N–H and O–H groups in total. The highest BCUT2D eigenvalue weighted by Crippen LogP contribution is 2.25. The Kier molecular flexibility index (Phi) is 6.85. The minimum absolute atomic E-state index is 0.0260. The molecule has 1 aromatic carbocycles. The fourth-order valence-corrected chi connectivity index (χ4v) is 3.32. The molecule has 0 aromatic heterocycles. The standard InChI is InChI=1S/C20H32N2O3/c1-4-20(2,3)21-19(25)14-22(16-8-10-17(23)11-9-16)13-15-6-5-7-18(24)12-15/h5-7,12,16-17,23-24H,4,8-11,13-14H2,1-3H3,(H,21,25). The molecule has 0 saturated heterocycles. The number of nitrogens with zero attached hydrogens (tertiary/aromatic N) is 1. The Morgan fingerprint density at radius 3 is 2.56 bits per heavy atom. The van der Waals surface area contributed by atoms with Crippen molar-refractivity contribution in [1.82, 2.24) is 10.2 Å². The number of carbonyl (C=O) groups excluding carboxylic acids is 1. The van der Waals surface area contributed by atoms with Gasteiger partial charge < -0.3 is 15.5 Å². The molecule has 0 unspecified atom stereocenters. The van der Waals surface area contributed by atoms with Gasteiger partial charge in [0.25, 0.3) is 0 Å². The number of nitrogens with one attached hydrogen (secondary N) is 1. The first kappa shape index (κ1) is 19.7. The van der Waals surface area contributed by atoms with Crippen molar-refractivity contribution in [3.8, 4) is 5.75 Å². The topological polar surface area (TPSA) is 72.8 Å². The van der Waals surface area contributed by atoms with Gasteiger partial charge in [-0.25, -0.2) is 0 Å². The molecule has 1 aliphatic rings. The predicted molar refractivity (Wildman–Crippen MR) is 99.3 cm³/mol. The van der Waals surface area contributed by atoms with Gasteiger partial charge in [0.1, 0.15) is 5.75 Å². The van der Waals surface area contributed by atoms with Gasteiger partial charge >= 0.3 is 0 Å². The maximum Gasteiger partial charge on any atom is 0.234 e. The first-order valence-corrected chi connectivity index (χ1v) is 9.30. The Labute approximate surface area is 151 Å². The number of aliphatic hydroxyl groups is 1. The molecule has 5 heteroatoms. The molecule has 0 aliphatic heterocycles. The van der Waals surface area contributed by atoms with Crippen LogP contribution in [0, 0.1) is 0 Å². The highest BCUT2D eigenvalue weighted by molar-refractivity contribution is 5.78. The number of rotatable bonds is 7. The van der Waals surface area contributed by atoms with Crippen molar-refractivity contribution in [2.75, 3.05) is 6.54 Å². The summed E-state index contributed by atoms with van der Waals surface area (Å²) in [5.41, 5.74) is 0.782.